The van der Waals surface area contributed by atoms with Crippen molar-refractivity contribution >= 4 is 11.9 Å². The van der Waals surface area contributed by atoms with E-state index in [1.807, 2.05) is 6.07 Å². The van der Waals surface area contributed by atoms with Crippen LogP contribution in [-0.4, -0.2) is 21.2 Å². The number of hydrogen-bond acceptors (Lipinski definition) is 4. The Hall–Kier alpha value is -4.19. The zero-order valence-electron chi connectivity index (χ0n) is 15.3. The SMILES string of the molecule is O=C(Oc1cc(=O)n(C(=O)c2ccccc2)n1-c1ccccc1)c1ccccc1. The Kier molecular flexibility index (Phi) is 4.90. The van der Waals surface area contributed by atoms with Gasteiger partial charge in [0.2, 0.25) is 5.88 Å². The first-order valence-corrected chi connectivity index (χ1v) is 8.92. The van der Waals surface area contributed by atoms with E-state index in [2.05, 4.69) is 0 Å². The van der Waals surface area contributed by atoms with Crippen LogP contribution in [0.15, 0.2) is 102 Å². The molecule has 0 atom stereocenters. The molecule has 0 aliphatic heterocycles. The molecule has 1 heterocycles. The molecule has 0 saturated carbocycles. The molecule has 6 nitrogen and oxygen atoms in total. The van der Waals surface area contributed by atoms with Gasteiger partial charge in [0.15, 0.2) is 0 Å². The van der Waals surface area contributed by atoms with E-state index in [4.69, 9.17) is 4.74 Å². The molecule has 0 spiro atoms. The van der Waals surface area contributed by atoms with Gasteiger partial charge in [-0.15, -0.1) is 0 Å². The van der Waals surface area contributed by atoms with Gasteiger partial charge in [-0.3, -0.25) is 9.59 Å². The topological polar surface area (TPSA) is 70.3 Å². The Bertz CT molecular complexity index is 1210. The highest BCUT2D eigenvalue weighted by Gasteiger charge is 2.22. The van der Waals surface area contributed by atoms with Gasteiger partial charge in [0.1, 0.15) is 0 Å². The molecular weight excluding hydrogens is 368 g/mol. The number of hydrogen-bond donors (Lipinski definition) is 0. The molecule has 0 aliphatic rings. The maximum Gasteiger partial charge on any atom is 0.344 e. The molecule has 0 saturated heterocycles. The molecule has 0 fully saturated rings. The molecule has 3 aromatic carbocycles. The summed E-state index contributed by atoms with van der Waals surface area (Å²) >= 11 is 0. The van der Waals surface area contributed by atoms with Crippen LogP contribution in [0.4, 0.5) is 0 Å². The van der Waals surface area contributed by atoms with Gasteiger partial charge in [-0.2, -0.15) is 4.68 Å². The van der Waals surface area contributed by atoms with Gasteiger partial charge in [-0.05, 0) is 36.4 Å². The van der Waals surface area contributed by atoms with Crippen molar-refractivity contribution in [2.24, 2.45) is 0 Å². The van der Waals surface area contributed by atoms with Crippen LogP contribution >= 0.6 is 0 Å². The van der Waals surface area contributed by atoms with E-state index in [0.29, 0.717) is 16.8 Å². The molecule has 0 N–H and O–H groups in total. The van der Waals surface area contributed by atoms with E-state index >= 15 is 0 Å². The fraction of sp³-hybridized carbons (Fsp3) is 0. The van der Waals surface area contributed by atoms with Gasteiger partial charge in [0, 0.05) is 5.56 Å². The van der Waals surface area contributed by atoms with Crippen LogP contribution in [0.3, 0.4) is 0 Å². The number of nitrogens with zero attached hydrogens (tertiary/aromatic N) is 2. The summed E-state index contributed by atoms with van der Waals surface area (Å²) in [6.07, 6.45) is 0. The zero-order chi connectivity index (χ0) is 20.2. The summed E-state index contributed by atoms with van der Waals surface area (Å²) in [6.45, 7) is 0. The van der Waals surface area contributed by atoms with Gasteiger partial charge in [0.25, 0.3) is 11.5 Å². The number of rotatable bonds is 4. The second kappa shape index (κ2) is 7.82. The van der Waals surface area contributed by atoms with E-state index in [9.17, 15) is 14.4 Å². The highest BCUT2D eigenvalue weighted by atomic mass is 16.5. The highest BCUT2D eigenvalue weighted by molar-refractivity contribution is 5.96. The van der Waals surface area contributed by atoms with Crippen molar-refractivity contribution in [2.45, 2.75) is 0 Å². The van der Waals surface area contributed by atoms with Crippen molar-refractivity contribution in [3.05, 3.63) is 119 Å². The normalized spacial score (nSPS) is 10.5. The second-order valence-corrected chi connectivity index (χ2v) is 6.21. The van der Waals surface area contributed by atoms with Gasteiger partial charge < -0.3 is 4.74 Å². The van der Waals surface area contributed by atoms with Crippen molar-refractivity contribution in [2.75, 3.05) is 0 Å². The molecule has 0 unspecified atom stereocenters. The summed E-state index contributed by atoms with van der Waals surface area (Å²) in [5.41, 5.74) is 0.584. The van der Waals surface area contributed by atoms with E-state index in [1.165, 1.54) is 4.68 Å². The minimum Gasteiger partial charge on any atom is -0.404 e. The van der Waals surface area contributed by atoms with Crippen LogP contribution in [0.1, 0.15) is 20.7 Å². The van der Waals surface area contributed by atoms with Crippen molar-refractivity contribution < 1.29 is 14.3 Å². The van der Waals surface area contributed by atoms with Crippen molar-refractivity contribution in [1.82, 2.24) is 9.36 Å². The molecular formula is C23H16N2O4. The third-order valence-corrected chi connectivity index (χ3v) is 4.29. The van der Waals surface area contributed by atoms with E-state index < -0.39 is 17.4 Å². The molecule has 4 aromatic rings. The number of benzene rings is 3. The fourth-order valence-electron chi connectivity index (χ4n) is 2.93. The quantitative estimate of drug-likeness (QED) is 0.505. The van der Waals surface area contributed by atoms with E-state index in [-0.39, 0.29) is 5.88 Å². The summed E-state index contributed by atoms with van der Waals surface area (Å²) in [7, 11) is 0. The minimum absolute atomic E-state index is 0.0423. The Morgan fingerprint density at radius 3 is 1.79 bits per heavy atom. The zero-order valence-corrected chi connectivity index (χ0v) is 15.3. The predicted molar refractivity (Wildman–Crippen MR) is 108 cm³/mol. The predicted octanol–water partition coefficient (Wildman–Crippen LogP) is 3.55. The third-order valence-electron chi connectivity index (χ3n) is 4.29. The van der Waals surface area contributed by atoms with E-state index in [1.54, 1.807) is 84.9 Å². The molecule has 142 valence electrons. The Morgan fingerprint density at radius 2 is 1.21 bits per heavy atom. The van der Waals surface area contributed by atoms with Crippen molar-refractivity contribution in [3.8, 4) is 11.6 Å². The molecule has 0 aliphatic carbocycles. The number of carbonyl (C=O) groups is 2. The number of carbonyl (C=O) groups excluding carboxylic acids is 2. The van der Waals surface area contributed by atoms with Gasteiger partial charge in [-0.1, -0.05) is 54.6 Å². The van der Waals surface area contributed by atoms with E-state index in [0.717, 1.165) is 10.7 Å². The summed E-state index contributed by atoms with van der Waals surface area (Å²) in [5, 5.41) is 0. The number of esters is 1. The first-order valence-electron chi connectivity index (χ1n) is 8.92. The average Bonchev–Trinajstić information content (AvgIpc) is 3.10. The standard InChI is InChI=1S/C23H16N2O4/c26-20-16-21(29-23(28)18-12-6-2-7-13-18)24(19-14-8-3-9-15-19)25(20)22(27)17-10-4-1-5-11-17/h1-16H. The highest BCUT2D eigenvalue weighted by Crippen LogP contribution is 2.19. The first-order chi connectivity index (χ1) is 14.1. The first kappa shape index (κ1) is 18.2. The molecule has 0 bridgehead atoms. The van der Waals surface area contributed by atoms with Crippen molar-refractivity contribution in [1.29, 1.82) is 0 Å². The third kappa shape index (κ3) is 3.64. The molecule has 0 radical (unpaired) electrons. The van der Waals surface area contributed by atoms with Gasteiger partial charge in [0.05, 0.1) is 17.3 Å². The maximum absolute atomic E-state index is 13.0. The fourth-order valence-corrected chi connectivity index (χ4v) is 2.93. The smallest absolute Gasteiger partial charge is 0.344 e. The van der Waals surface area contributed by atoms with Crippen LogP contribution in [0, 0.1) is 0 Å². The Morgan fingerprint density at radius 1 is 0.690 bits per heavy atom. The number of para-hydroxylation sites is 1. The number of ether oxygens (including phenoxy) is 1. The molecule has 29 heavy (non-hydrogen) atoms. The van der Waals surface area contributed by atoms with Gasteiger partial charge >= 0.3 is 5.97 Å². The van der Waals surface area contributed by atoms with Crippen LogP contribution in [0.2, 0.25) is 0 Å². The summed E-state index contributed by atoms with van der Waals surface area (Å²) < 4.78 is 7.75. The lowest BCUT2D eigenvalue weighted by atomic mass is 10.2. The molecule has 1 aromatic heterocycles. The van der Waals surface area contributed by atoms with Gasteiger partial charge in [-0.25, -0.2) is 9.48 Å². The maximum atomic E-state index is 13.0. The monoisotopic (exact) mass is 384 g/mol. The molecule has 6 heteroatoms. The summed E-state index contributed by atoms with van der Waals surface area (Å²) in [4.78, 5) is 38.3. The average molecular weight is 384 g/mol. The van der Waals surface area contributed by atoms with Crippen LogP contribution in [0.5, 0.6) is 5.88 Å². The molecule has 4 rings (SSSR count). The largest absolute Gasteiger partial charge is 0.404 e. The summed E-state index contributed by atoms with van der Waals surface area (Å²) in [6, 6.07) is 26.8. The lowest BCUT2D eigenvalue weighted by Gasteiger charge is -2.13. The second-order valence-electron chi connectivity index (χ2n) is 6.21. The lowest BCUT2D eigenvalue weighted by molar-refractivity contribution is 0.0716. The van der Waals surface area contributed by atoms with Crippen LogP contribution < -0.4 is 10.3 Å². The van der Waals surface area contributed by atoms with Crippen LogP contribution in [-0.2, 0) is 0 Å². The lowest BCUT2D eigenvalue weighted by Crippen LogP contribution is -2.29. The Balaban J connectivity index is 1.83. The van der Waals surface area contributed by atoms with Crippen LogP contribution in [0.25, 0.3) is 5.69 Å². The minimum atomic E-state index is -0.625. The number of aromatic nitrogens is 2. The van der Waals surface area contributed by atoms with Crippen molar-refractivity contribution in [3.63, 3.8) is 0 Å². The Labute approximate surface area is 166 Å². The molecule has 0 amide bonds. The summed E-state index contributed by atoms with van der Waals surface area (Å²) in [5.74, 6) is -1.19.